The Hall–Kier alpha value is -4.07. The zero-order valence-electron chi connectivity index (χ0n) is 28.7. The molecular formula is C38H53N3O5. The molecule has 3 aromatic carbocycles. The van der Waals surface area contributed by atoms with E-state index in [1.165, 1.54) is 0 Å². The van der Waals surface area contributed by atoms with Gasteiger partial charge in [0.25, 0.3) is 5.91 Å². The minimum Gasteiger partial charge on any atom is -0.507 e. The number of fused-ring (bicyclic) bond motifs is 1. The van der Waals surface area contributed by atoms with E-state index in [-0.39, 0.29) is 18.2 Å². The van der Waals surface area contributed by atoms with Gasteiger partial charge in [0.1, 0.15) is 23.4 Å². The number of amides is 3. The smallest absolute Gasteiger partial charge is 0.408 e. The van der Waals surface area contributed by atoms with E-state index in [2.05, 4.69) is 17.6 Å². The Morgan fingerprint density at radius 2 is 1.57 bits per heavy atom. The molecule has 0 bridgehead atoms. The molecule has 3 rings (SSSR count). The molecule has 0 aliphatic carbocycles. The topological polar surface area (TPSA) is 108 Å². The standard InChI is InChI=1S/C38H53N3O5/c1-8-10-11-12-13-16-24-41(36(44)32(26(3)9-2)40-37(45)46-38(5,6)7)33(31-21-17-18-27(4)34(31)42)35(43)39-30-23-22-28-19-14-15-20-29(28)25-30/h14-15,17-23,25-26,32-33,42H,8-13,16,24H2,1-7H3,(H,39,43)(H,40,45). The van der Waals surface area contributed by atoms with Crippen molar-refractivity contribution in [2.45, 2.75) is 111 Å². The average molecular weight is 632 g/mol. The molecule has 0 aromatic heterocycles. The number of nitrogens with one attached hydrogen (secondary N) is 2. The van der Waals surface area contributed by atoms with E-state index in [1.54, 1.807) is 50.8 Å². The molecule has 3 amide bonds. The van der Waals surface area contributed by atoms with Crippen LogP contribution in [0.1, 0.15) is 104 Å². The van der Waals surface area contributed by atoms with Crippen molar-refractivity contribution in [3.05, 3.63) is 71.8 Å². The fourth-order valence-electron chi connectivity index (χ4n) is 5.56. The van der Waals surface area contributed by atoms with Crippen molar-refractivity contribution in [2.24, 2.45) is 5.92 Å². The van der Waals surface area contributed by atoms with Crippen LogP contribution in [0.2, 0.25) is 0 Å². The lowest BCUT2D eigenvalue weighted by Crippen LogP contribution is -2.55. The van der Waals surface area contributed by atoms with Gasteiger partial charge in [-0.25, -0.2) is 4.79 Å². The summed E-state index contributed by atoms with van der Waals surface area (Å²) in [6.07, 6.45) is 5.86. The van der Waals surface area contributed by atoms with Crippen molar-refractivity contribution in [3.63, 3.8) is 0 Å². The summed E-state index contributed by atoms with van der Waals surface area (Å²) in [5, 5.41) is 19.1. The van der Waals surface area contributed by atoms with Gasteiger partial charge >= 0.3 is 6.09 Å². The van der Waals surface area contributed by atoms with Crippen molar-refractivity contribution in [2.75, 3.05) is 11.9 Å². The van der Waals surface area contributed by atoms with Gasteiger partial charge in [0.15, 0.2) is 0 Å². The molecule has 0 fully saturated rings. The molecule has 3 aromatic rings. The number of unbranched alkanes of at least 4 members (excludes halogenated alkanes) is 5. The molecule has 0 saturated carbocycles. The number of nitrogens with zero attached hydrogens (tertiary/aromatic N) is 1. The number of hydrogen-bond acceptors (Lipinski definition) is 5. The molecular weight excluding hydrogens is 578 g/mol. The number of anilines is 1. The van der Waals surface area contributed by atoms with E-state index in [9.17, 15) is 19.5 Å². The third-order valence-corrected chi connectivity index (χ3v) is 8.33. The van der Waals surface area contributed by atoms with Gasteiger partial charge in [0, 0.05) is 17.8 Å². The van der Waals surface area contributed by atoms with Gasteiger partial charge in [0.05, 0.1) is 0 Å². The fraction of sp³-hybridized carbons (Fsp3) is 0.500. The fourth-order valence-corrected chi connectivity index (χ4v) is 5.56. The number of phenolic OH excluding ortho intramolecular Hbond substituents is 1. The van der Waals surface area contributed by atoms with Crippen LogP contribution in [0.5, 0.6) is 5.75 Å². The Kier molecular flexibility index (Phi) is 13.5. The molecule has 8 nitrogen and oxygen atoms in total. The van der Waals surface area contributed by atoms with Crippen molar-refractivity contribution in [1.82, 2.24) is 10.2 Å². The molecule has 0 spiro atoms. The maximum Gasteiger partial charge on any atom is 0.408 e. The van der Waals surface area contributed by atoms with Crippen LogP contribution < -0.4 is 10.6 Å². The lowest BCUT2D eigenvalue weighted by atomic mass is 9.94. The van der Waals surface area contributed by atoms with Gasteiger partial charge in [-0.3, -0.25) is 9.59 Å². The summed E-state index contributed by atoms with van der Waals surface area (Å²) in [5.74, 6) is -1.13. The molecule has 3 atom stereocenters. The first-order chi connectivity index (χ1) is 21.9. The third kappa shape index (κ3) is 10.2. The van der Waals surface area contributed by atoms with Gasteiger partial charge in [-0.1, -0.05) is 108 Å². The Bertz CT molecular complexity index is 1460. The van der Waals surface area contributed by atoms with E-state index in [4.69, 9.17) is 4.74 Å². The first-order valence-corrected chi connectivity index (χ1v) is 16.7. The molecule has 3 unspecified atom stereocenters. The van der Waals surface area contributed by atoms with Crippen LogP contribution in [-0.4, -0.2) is 46.1 Å². The summed E-state index contributed by atoms with van der Waals surface area (Å²) in [5.41, 5.74) is 0.760. The number of benzene rings is 3. The number of ether oxygens (including phenoxy) is 1. The second kappa shape index (κ2) is 17.0. The Labute approximate surface area is 274 Å². The van der Waals surface area contributed by atoms with Gasteiger partial charge in [0.2, 0.25) is 5.91 Å². The van der Waals surface area contributed by atoms with Crippen LogP contribution in [0.3, 0.4) is 0 Å². The summed E-state index contributed by atoms with van der Waals surface area (Å²) in [4.78, 5) is 43.5. The zero-order chi connectivity index (χ0) is 33.9. The van der Waals surface area contributed by atoms with Crippen molar-refractivity contribution in [3.8, 4) is 5.75 Å². The van der Waals surface area contributed by atoms with Crippen LogP contribution in [-0.2, 0) is 14.3 Å². The van der Waals surface area contributed by atoms with Gasteiger partial charge < -0.3 is 25.4 Å². The molecule has 0 heterocycles. The SMILES string of the molecule is CCCCCCCCN(C(=O)C(NC(=O)OC(C)(C)C)C(C)CC)C(C(=O)Nc1ccc2ccccc2c1)c1cccc(C)c1O. The third-order valence-electron chi connectivity index (χ3n) is 8.33. The summed E-state index contributed by atoms with van der Waals surface area (Å²) in [6.45, 7) is 13.4. The van der Waals surface area contributed by atoms with E-state index < -0.39 is 35.6 Å². The summed E-state index contributed by atoms with van der Waals surface area (Å²) in [7, 11) is 0. The summed E-state index contributed by atoms with van der Waals surface area (Å²) < 4.78 is 5.53. The number of aryl methyl sites for hydroxylation is 1. The maximum atomic E-state index is 14.6. The predicted molar refractivity (Wildman–Crippen MR) is 186 cm³/mol. The highest BCUT2D eigenvalue weighted by atomic mass is 16.6. The predicted octanol–water partition coefficient (Wildman–Crippen LogP) is 8.66. The Balaban J connectivity index is 2.07. The van der Waals surface area contributed by atoms with Gasteiger partial charge in [-0.05, 0) is 68.5 Å². The Morgan fingerprint density at radius 3 is 2.24 bits per heavy atom. The molecule has 8 heteroatoms. The maximum absolute atomic E-state index is 14.6. The number of hydrogen-bond donors (Lipinski definition) is 3. The lowest BCUT2D eigenvalue weighted by molar-refractivity contribution is -0.142. The average Bonchev–Trinajstić information content (AvgIpc) is 3.01. The largest absolute Gasteiger partial charge is 0.507 e. The summed E-state index contributed by atoms with van der Waals surface area (Å²) in [6, 6.07) is 16.7. The van der Waals surface area contributed by atoms with E-state index >= 15 is 0 Å². The van der Waals surface area contributed by atoms with Crippen LogP contribution in [0.25, 0.3) is 10.8 Å². The first-order valence-electron chi connectivity index (χ1n) is 16.7. The quantitative estimate of drug-likeness (QED) is 0.146. The molecule has 46 heavy (non-hydrogen) atoms. The molecule has 0 radical (unpaired) electrons. The minimum atomic E-state index is -1.15. The highest BCUT2D eigenvalue weighted by Gasteiger charge is 2.39. The number of phenols is 1. The highest BCUT2D eigenvalue weighted by molar-refractivity contribution is 6.00. The molecule has 250 valence electrons. The monoisotopic (exact) mass is 631 g/mol. The molecule has 0 aliphatic heterocycles. The Morgan fingerprint density at radius 1 is 0.891 bits per heavy atom. The van der Waals surface area contributed by atoms with Gasteiger partial charge in [-0.15, -0.1) is 0 Å². The number of alkyl carbamates (subject to hydrolysis) is 1. The van der Waals surface area contributed by atoms with Gasteiger partial charge in [-0.2, -0.15) is 0 Å². The van der Waals surface area contributed by atoms with Crippen molar-refractivity contribution >= 4 is 34.4 Å². The molecule has 3 N–H and O–H groups in total. The van der Waals surface area contributed by atoms with E-state index in [1.807, 2.05) is 56.3 Å². The number of para-hydroxylation sites is 1. The first kappa shape index (κ1) is 36.4. The number of carbonyl (C=O) groups excluding carboxylic acids is 3. The summed E-state index contributed by atoms with van der Waals surface area (Å²) >= 11 is 0. The highest BCUT2D eigenvalue weighted by Crippen LogP contribution is 2.34. The van der Waals surface area contributed by atoms with Crippen LogP contribution >= 0.6 is 0 Å². The number of aromatic hydroxyl groups is 1. The number of carbonyl (C=O) groups is 3. The zero-order valence-corrected chi connectivity index (χ0v) is 28.7. The minimum absolute atomic E-state index is 0.0397. The molecule has 0 aliphatic rings. The van der Waals surface area contributed by atoms with Crippen LogP contribution in [0, 0.1) is 12.8 Å². The number of rotatable bonds is 15. The lowest BCUT2D eigenvalue weighted by Gasteiger charge is -2.36. The normalized spacial score (nSPS) is 13.5. The van der Waals surface area contributed by atoms with Crippen molar-refractivity contribution < 1.29 is 24.2 Å². The van der Waals surface area contributed by atoms with Crippen LogP contribution in [0.4, 0.5) is 10.5 Å². The molecule has 0 saturated heterocycles. The van der Waals surface area contributed by atoms with E-state index in [0.717, 1.165) is 42.9 Å². The van der Waals surface area contributed by atoms with Crippen LogP contribution in [0.15, 0.2) is 60.7 Å². The second-order valence-electron chi connectivity index (χ2n) is 13.3. The van der Waals surface area contributed by atoms with E-state index in [0.29, 0.717) is 29.7 Å². The second-order valence-corrected chi connectivity index (χ2v) is 13.3. The van der Waals surface area contributed by atoms with Crippen molar-refractivity contribution in [1.29, 1.82) is 0 Å².